The second-order valence-electron chi connectivity index (χ2n) is 7.55. The largest absolute Gasteiger partial charge is 0.494 e. The first kappa shape index (κ1) is 21.3. The SMILES string of the molecule is COc1ccc(C)cc1-n1nnnc1SCC(=O)Nc1sc2c(c1C#N)CCC(C)C2. The first-order chi connectivity index (χ1) is 15.0. The molecule has 0 saturated heterocycles. The lowest BCUT2D eigenvalue weighted by molar-refractivity contribution is -0.113. The number of nitriles is 1. The second-order valence-corrected chi connectivity index (χ2v) is 9.60. The van der Waals surface area contributed by atoms with Gasteiger partial charge in [0, 0.05) is 4.88 Å². The van der Waals surface area contributed by atoms with Crippen LogP contribution in [0.1, 0.15) is 34.9 Å². The van der Waals surface area contributed by atoms with Gasteiger partial charge in [-0.2, -0.15) is 9.94 Å². The van der Waals surface area contributed by atoms with Gasteiger partial charge in [0.25, 0.3) is 0 Å². The van der Waals surface area contributed by atoms with Crippen LogP contribution in [0.5, 0.6) is 5.75 Å². The molecule has 2 aromatic heterocycles. The maximum absolute atomic E-state index is 12.6. The van der Waals surface area contributed by atoms with Crippen molar-refractivity contribution in [2.45, 2.75) is 38.3 Å². The molecule has 0 fully saturated rings. The third kappa shape index (κ3) is 4.43. The Morgan fingerprint density at radius 2 is 2.32 bits per heavy atom. The quantitative estimate of drug-likeness (QED) is 0.565. The Morgan fingerprint density at radius 3 is 3.10 bits per heavy atom. The van der Waals surface area contributed by atoms with Gasteiger partial charge in [-0.3, -0.25) is 4.79 Å². The van der Waals surface area contributed by atoms with Crippen LogP contribution >= 0.6 is 23.1 Å². The van der Waals surface area contributed by atoms with E-state index in [0.29, 0.717) is 33.1 Å². The first-order valence-electron chi connectivity index (χ1n) is 9.90. The number of hydrogen-bond acceptors (Lipinski definition) is 8. The molecule has 1 atom stereocenters. The van der Waals surface area contributed by atoms with Gasteiger partial charge in [-0.05, 0) is 65.8 Å². The number of aryl methyl sites for hydroxylation is 1. The molecule has 1 N–H and O–H groups in total. The molecule has 3 aromatic rings. The highest BCUT2D eigenvalue weighted by atomic mass is 32.2. The van der Waals surface area contributed by atoms with Gasteiger partial charge in [0.2, 0.25) is 11.1 Å². The van der Waals surface area contributed by atoms with E-state index in [2.05, 4.69) is 33.8 Å². The molecule has 0 radical (unpaired) electrons. The predicted octanol–water partition coefficient (Wildman–Crippen LogP) is 3.77. The van der Waals surface area contributed by atoms with Gasteiger partial charge in [0.05, 0.1) is 18.4 Å². The number of ether oxygens (including phenoxy) is 1. The maximum atomic E-state index is 12.6. The summed E-state index contributed by atoms with van der Waals surface area (Å²) in [5, 5.41) is 25.5. The molecule has 1 aromatic carbocycles. The number of amides is 1. The van der Waals surface area contributed by atoms with Crippen molar-refractivity contribution in [1.29, 1.82) is 5.26 Å². The number of thiophene rings is 1. The van der Waals surface area contributed by atoms with Crippen LogP contribution in [-0.4, -0.2) is 39.0 Å². The zero-order valence-electron chi connectivity index (χ0n) is 17.5. The van der Waals surface area contributed by atoms with Gasteiger partial charge in [-0.25, -0.2) is 0 Å². The molecule has 1 amide bonds. The Hall–Kier alpha value is -2.90. The van der Waals surface area contributed by atoms with E-state index < -0.39 is 0 Å². The molecular formula is C21H22N6O2S2. The average molecular weight is 455 g/mol. The lowest BCUT2D eigenvalue weighted by atomic mass is 9.89. The van der Waals surface area contributed by atoms with Gasteiger partial charge in [0.15, 0.2) is 0 Å². The number of nitrogens with one attached hydrogen (secondary N) is 1. The van der Waals surface area contributed by atoms with E-state index in [4.69, 9.17) is 4.74 Å². The van der Waals surface area contributed by atoms with Crippen LogP contribution in [0.15, 0.2) is 23.4 Å². The summed E-state index contributed by atoms with van der Waals surface area (Å²) in [6.45, 7) is 4.19. The molecule has 8 nitrogen and oxygen atoms in total. The Morgan fingerprint density at radius 1 is 1.48 bits per heavy atom. The van der Waals surface area contributed by atoms with Crippen molar-refractivity contribution >= 4 is 34.0 Å². The lowest BCUT2D eigenvalue weighted by Crippen LogP contribution is -2.15. The van der Waals surface area contributed by atoms with E-state index in [1.165, 1.54) is 28.0 Å². The molecule has 1 aliphatic rings. The number of thioether (sulfide) groups is 1. The number of aromatic nitrogens is 4. The summed E-state index contributed by atoms with van der Waals surface area (Å²) >= 11 is 2.75. The number of nitrogens with zero attached hydrogens (tertiary/aromatic N) is 5. The van der Waals surface area contributed by atoms with Gasteiger partial charge < -0.3 is 10.1 Å². The molecule has 0 aliphatic heterocycles. The summed E-state index contributed by atoms with van der Waals surface area (Å²) in [4.78, 5) is 13.9. The number of tetrazole rings is 1. The van der Waals surface area contributed by atoms with Crippen molar-refractivity contribution in [3.8, 4) is 17.5 Å². The van der Waals surface area contributed by atoms with Crippen LogP contribution in [-0.2, 0) is 17.6 Å². The molecule has 4 rings (SSSR count). The fraction of sp³-hybridized carbons (Fsp3) is 0.381. The molecule has 31 heavy (non-hydrogen) atoms. The number of anilines is 1. The van der Waals surface area contributed by atoms with Gasteiger partial charge in [-0.1, -0.05) is 24.8 Å². The van der Waals surface area contributed by atoms with Gasteiger partial charge in [0.1, 0.15) is 22.5 Å². The molecule has 2 heterocycles. The van der Waals surface area contributed by atoms with Crippen molar-refractivity contribution < 1.29 is 9.53 Å². The highest BCUT2D eigenvalue weighted by Gasteiger charge is 2.25. The highest BCUT2D eigenvalue weighted by Crippen LogP contribution is 2.39. The summed E-state index contributed by atoms with van der Waals surface area (Å²) in [6, 6.07) is 8.01. The zero-order chi connectivity index (χ0) is 22.0. The number of carbonyl (C=O) groups excluding carboxylic acids is 1. The molecule has 160 valence electrons. The van der Waals surface area contributed by atoms with E-state index in [1.807, 2.05) is 25.1 Å². The smallest absolute Gasteiger partial charge is 0.235 e. The first-order valence-corrected chi connectivity index (χ1v) is 11.7. The summed E-state index contributed by atoms with van der Waals surface area (Å²) in [5.41, 5.74) is 3.46. The molecule has 0 bridgehead atoms. The Balaban J connectivity index is 1.48. The number of carbonyl (C=O) groups is 1. The monoisotopic (exact) mass is 454 g/mol. The minimum atomic E-state index is -0.195. The summed E-state index contributed by atoms with van der Waals surface area (Å²) in [6.07, 6.45) is 2.94. The predicted molar refractivity (Wildman–Crippen MR) is 120 cm³/mol. The topological polar surface area (TPSA) is 106 Å². The van der Waals surface area contributed by atoms with Crippen molar-refractivity contribution in [2.75, 3.05) is 18.2 Å². The number of benzene rings is 1. The van der Waals surface area contributed by atoms with Gasteiger partial charge in [-0.15, -0.1) is 16.4 Å². The molecule has 1 aliphatic carbocycles. The van der Waals surface area contributed by atoms with Crippen LogP contribution in [0, 0.1) is 24.2 Å². The van der Waals surface area contributed by atoms with Crippen molar-refractivity contribution in [3.63, 3.8) is 0 Å². The van der Waals surface area contributed by atoms with E-state index in [1.54, 1.807) is 11.8 Å². The number of methoxy groups -OCH3 is 1. The van der Waals surface area contributed by atoms with Crippen molar-refractivity contribution in [1.82, 2.24) is 20.2 Å². The fourth-order valence-electron chi connectivity index (χ4n) is 3.64. The van der Waals surface area contributed by atoms with Crippen LogP contribution in [0.3, 0.4) is 0 Å². The van der Waals surface area contributed by atoms with Crippen molar-refractivity contribution in [3.05, 3.63) is 39.8 Å². The number of rotatable bonds is 6. The fourth-order valence-corrected chi connectivity index (χ4v) is 5.70. The minimum absolute atomic E-state index is 0.123. The third-order valence-corrected chi connectivity index (χ3v) is 7.30. The highest BCUT2D eigenvalue weighted by molar-refractivity contribution is 7.99. The van der Waals surface area contributed by atoms with Crippen molar-refractivity contribution in [2.24, 2.45) is 5.92 Å². The Bertz CT molecular complexity index is 1160. The van der Waals surface area contributed by atoms with Crippen LogP contribution in [0.2, 0.25) is 0 Å². The van der Waals surface area contributed by atoms with E-state index in [9.17, 15) is 10.1 Å². The second kappa shape index (κ2) is 9.08. The molecular weight excluding hydrogens is 432 g/mol. The standard InChI is InChI=1S/C21H22N6O2S2/c1-12-5-7-17(29-3)16(8-12)27-21(24-25-26-27)30-11-19(28)23-20-15(10-22)14-6-4-13(2)9-18(14)31-20/h5,7-8,13H,4,6,9,11H2,1-3H3,(H,23,28). The third-order valence-electron chi connectivity index (χ3n) is 5.21. The normalized spacial score (nSPS) is 15.2. The van der Waals surface area contributed by atoms with Crippen LogP contribution in [0.4, 0.5) is 5.00 Å². The van der Waals surface area contributed by atoms with Gasteiger partial charge >= 0.3 is 0 Å². The molecule has 0 spiro atoms. The Kier molecular flexibility index (Phi) is 6.25. The van der Waals surface area contributed by atoms with E-state index >= 15 is 0 Å². The van der Waals surface area contributed by atoms with Crippen LogP contribution in [0.25, 0.3) is 5.69 Å². The summed E-state index contributed by atoms with van der Waals surface area (Å²) < 4.78 is 6.99. The van der Waals surface area contributed by atoms with Crippen LogP contribution < -0.4 is 10.1 Å². The zero-order valence-corrected chi connectivity index (χ0v) is 19.1. The maximum Gasteiger partial charge on any atom is 0.235 e. The lowest BCUT2D eigenvalue weighted by Gasteiger charge is -2.17. The average Bonchev–Trinajstić information content (AvgIpc) is 3.35. The summed E-state index contributed by atoms with van der Waals surface area (Å²) in [7, 11) is 1.59. The number of hydrogen-bond donors (Lipinski definition) is 1. The van der Waals surface area contributed by atoms with E-state index in [-0.39, 0.29) is 11.7 Å². The molecule has 10 heteroatoms. The minimum Gasteiger partial charge on any atom is -0.494 e. The van der Waals surface area contributed by atoms with E-state index in [0.717, 1.165) is 30.4 Å². The Labute approximate surface area is 188 Å². The molecule has 0 saturated carbocycles. The number of fused-ring (bicyclic) bond motifs is 1. The summed E-state index contributed by atoms with van der Waals surface area (Å²) in [5.74, 6) is 1.17. The molecule has 1 unspecified atom stereocenters.